The van der Waals surface area contributed by atoms with Crippen LogP contribution in [0.25, 0.3) is 10.9 Å². The predicted octanol–water partition coefficient (Wildman–Crippen LogP) is 3.36. The van der Waals surface area contributed by atoms with Crippen molar-refractivity contribution in [2.75, 3.05) is 0 Å². The molecule has 4 aliphatic carbocycles. The fraction of sp³-hybridized carbons (Fsp3) is 0.435. The molecular formula is C23H23N3O2. The molecule has 0 spiro atoms. The number of hydrogen-bond donors (Lipinski definition) is 0. The van der Waals surface area contributed by atoms with Crippen molar-refractivity contribution < 1.29 is 9.59 Å². The van der Waals surface area contributed by atoms with Crippen LogP contribution in [0.5, 0.6) is 0 Å². The summed E-state index contributed by atoms with van der Waals surface area (Å²) in [6.45, 7) is 5.05. The summed E-state index contributed by atoms with van der Waals surface area (Å²) in [6.07, 6.45) is 7.27. The van der Waals surface area contributed by atoms with Crippen LogP contribution in [0, 0.1) is 42.4 Å². The van der Waals surface area contributed by atoms with Gasteiger partial charge in [-0.15, -0.1) is 0 Å². The molecule has 1 aliphatic heterocycles. The molecule has 2 amide bonds. The molecule has 5 nitrogen and oxygen atoms in total. The molecule has 7 rings (SSSR count). The number of para-hydroxylation sites is 1. The molecule has 0 N–H and O–H groups in total. The van der Waals surface area contributed by atoms with Gasteiger partial charge in [-0.3, -0.25) is 9.59 Å². The first kappa shape index (κ1) is 16.3. The van der Waals surface area contributed by atoms with E-state index in [0.29, 0.717) is 11.8 Å². The maximum absolute atomic E-state index is 13.1. The van der Waals surface area contributed by atoms with Crippen molar-refractivity contribution in [1.29, 1.82) is 0 Å². The molecule has 2 heterocycles. The van der Waals surface area contributed by atoms with Crippen molar-refractivity contribution in [3.8, 4) is 0 Å². The van der Waals surface area contributed by atoms with E-state index in [9.17, 15) is 9.59 Å². The second-order valence-electron chi connectivity index (χ2n) is 8.65. The molecule has 0 unspecified atom stereocenters. The second-order valence-corrected chi connectivity index (χ2v) is 8.65. The molecular weight excluding hydrogens is 350 g/mol. The number of aryl methyl sites for hydroxylation is 1. The molecule has 1 aromatic carbocycles. The number of rotatable bonds is 3. The molecule has 28 heavy (non-hydrogen) atoms. The molecule has 0 radical (unpaired) electrons. The van der Waals surface area contributed by atoms with E-state index in [2.05, 4.69) is 47.8 Å². The van der Waals surface area contributed by atoms with Crippen molar-refractivity contribution in [2.24, 2.45) is 40.6 Å². The van der Waals surface area contributed by atoms with Gasteiger partial charge in [-0.1, -0.05) is 30.4 Å². The van der Waals surface area contributed by atoms with Gasteiger partial charge in [-0.05, 0) is 50.0 Å². The average Bonchev–Trinajstić information content (AvgIpc) is 3.44. The first-order valence-corrected chi connectivity index (χ1v) is 10.3. The van der Waals surface area contributed by atoms with Gasteiger partial charge in [0.05, 0.1) is 18.1 Å². The van der Waals surface area contributed by atoms with E-state index >= 15 is 0 Å². The van der Waals surface area contributed by atoms with Crippen LogP contribution in [0.3, 0.4) is 0 Å². The van der Waals surface area contributed by atoms with Crippen LogP contribution in [0.1, 0.15) is 24.6 Å². The Morgan fingerprint density at radius 3 is 2.36 bits per heavy atom. The number of benzene rings is 1. The summed E-state index contributed by atoms with van der Waals surface area (Å²) < 4.78 is 2.24. The van der Waals surface area contributed by atoms with E-state index in [1.807, 2.05) is 12.1 Å². The highest BCUT2D eigenvalue weighted by Crippen LogP contribution is 2.65. The summed E-state index contributed by atoms with van der Waals surface area (Å²) in [5, 5.41) is 6.72. The average molecular weight is 373 g/mol. The van der Waals surface area contributed by atoms with Gasteiger partial charge in [-0.2, -0.15) is 10.1 Å². The quantitative estimate of drug-likeness (QED) is 0.471. The van der Waals surface area contributed by atoms with Gasteiger partial charge in [0.2, 0.25) is 0 Å². The highest BCUT2D eigenvalue weighted by Gasteiger charge is 2.67. The minimum atomic E-state index is -0.193. The summed E-state index contributed by atoms with van der Waals surface area (Å²) in [7, 11) is 0. The number of imide groups is 1. The molecule has 1 saturated heterocycles. The highest BCUT2D eigenvalue weighted by molar-refractivity contribution is 6.08. The van der Waals surface area contributed by atoms with Gasteiger partial charge in [0, 0.05) is 28.7 Å². The van der Waals surface area contributed by atoms with Crippen molar-refractivity contribution in [1.82, 2.24) is 9.58 Å². The number of aromatic nitrogens is 1. The number of hydrazone groups is 1. The lowest BCUT2D eigenvalue weighted by atomic mass is 9.63. The Labute approximate surface area is 163 Å². The van der Waals surface area contributed by atoms with E-state index in [4.69, 9.17) is 0 Å². The monoisotopic (exact) mass is 373 g/mol. The van der Waals surface area contributed by atoms with Gasteiger partial charge >= 0.3 is 0 Å². The standard InChI is InChI=1S/C23H23N3O2/c1-3-25-12(2)18(13-6-4-5-7-19(13)25)11-24-26-22(27)20-14-8-9-15(17-10-16(14)17)21(20)23(26)28/h4-9,11,14-17,20-21H,3,10H2,1-2H3/b24-11-/t14-,15-,16-,17+,20+,21+/m0/s1. The molecule has 2 aromatic rings. The maximum atomic E-state index is 13.1. The number of carbonyl (C=O) groups is 2. The summed E-state index contributed by atoms with van der Waals surface area (Å²) in [5.41, 5.74) is 3.24. The normalized spacial score (nSPS) is 35.3. The maximum Gasteiger partial charge on any atom is 0.254 e. The first-order valence-electron chi connectivity index (χ1n) is 10.3. The molecule has 2 saturated carbocycles. The molecule has 1 aromatic heterocycles. The largest absolute Gasteiger partial charge is 0.344 e. The molecule has 2 bridgehead atoms. The van der Waals surface area contributed by atoms with Crippen LogP contribution in [-0.2, 0) is 16.1 Å². The lowest BCUT2D eigenvalue weighted by molar-refractivity contribution is -0.140. The zero-order valence-electron chi connectivity index (χ0n) is 16.1. The molecule has 3 fully saturated rings. The van der Waals surface area contributed by atoms with Crippen LogP contribution in [-0.4, -0.2) is 27.6 Å². The van der Waals surface area contributed by atoms with Crippen LogP contribution in [0.2, 0.25) is 0 Å². The van der Waals surface area contributed by atoms with E-state index in [0.717, 1.165) is 28.7 Å². The topological polar surface area (TPSA) is 54.7 Å². The first-order chi connectivity index (χ1) is 13.6. The Bertz CT molecular complexity index is 1060. The molecule has 5 heteroatoms. The van der Waals surface area contributed by atoms with Gasteiger partial charge in [0.15, 0.2) is 0 Å². The predicted molar refractivity (Wildman–Crippen MR) is 106 cm³/mol. The van der Waals surface area contributed by atoms with Gasteiger partial charge in [-0.25, -0.2) is 0 Å². The fourth-order valence-electron chi connectivity index (χ4n) is 6.20. The lowest BCUT2D eigenvalue weighted by Crippen LogP contribution is -2.40. The summed E-state index contributed by atoms with van der Waals surface area (Å²) in [6, 6.07) is 8.21. The van der Waals surface area contributed by atoms with Crippen LogP contribution >= 0.6 is 0 Å². The van der Waals surface area contributed by atoms with Gasteiger partial charge < -0.3 is 4.57 Å². The number of fused-ring (bicyclic) bond motifs is 1. The van der Waals surface area contributed by atoms with E-state index < -0.39 is 0 Å². The Morgan fingerprint density at radius 2 is 1.71 bits per heavy atom. The number of amides is 2. The van der Waals surface area contributed by atoms with Crippen molar-refractivity contribution in [2.45, 2.75) is 26.8 Å². The summed E-state index contributed by atoms with van der Waals surface area (Å²) >= 11 is 0. The Hall–Kier alpha value is -2.69. The minimum absolute atomic E-state index is 0.104. The third kappa shape index (κ3) is 1.89. The molecule has 142 valence electrons. The van der Waals surface area contributed by atoms with Crippen LogP contribution in [0.4, 0.5) is 0 Å². The highest BCUT2D eigenvalue weighted by atomic mass is 16.2. The summed E-state index contributed by atoms with van der Waals surface area (Å²) in [5.74, 6) is 1.10. The van der Waals surface area contributed by atoms with Crippen LogP contribution in [0.15, 0.2) is 41.5 Å². The van der Waals surface area contributed by atoms with Gasteiger partial charge in [0.25, 0.3) is 11.8 Å². The lowest BCUT2D eigenvalue weighted by Gasteiger charge is -2.37. The zero-order valence-corrected chi connectivity index (χ0v) is 16.1. The Morgan fingerprint density at radius 1 is 1.07 bits per heavy atom. The molecule has 5 aliphatic rings. The number of hydrogen-bond acceptors (Lipinski definition) is 3. The SMILES string of the molecule is CCn1c(C)c(/C=N\N2C(=O)[C@@H]3[C@H]4C=C[C@@H]([C@@H]5C[C@H]45)[C@H]3C2=O)c2ccccc21. The zero-order chi connectivity index (χ0) is 19.2. The van der Waals surface area contributed by atoms with E-state index in [-0.39, 0.29) is 35.5 Å². The third-order valence-electron chi connectivity index (χ3n) is 7.54. The fourth-order valence-corrected chi connectivity index (χ4v) is 6.20. The van der Waals surface area contributed by atoms with Crippen molar-refractivity contribution in [3.63, 3.8) is 0 Å². The van der Waals surface area contributed by atoms with Crippen molar-refractivity contribution in [3.05, 3.63) is 47.7 Å². The minimum Gasteiger partial charge on any atom is -0.344 e. The smallest absolute Gasteiger partial charge is 0.254 e. The molecule has 6 atom stereocenters. The number of carbonyl (C=O) groups excluding carboxylic acids is 2. The van der Waals surface area contributed by atoms with E-state index in [1.165, 1.54) is 11.4 Å². The number of nitrogens with zero attached hydrogens (tertiary/aromatic N) is 3. The van der Waals surface area contributed by atoms with Crippen molar-refractivity contribution >= 4 is 28.9 Å². The summed E-state index contributed by atoms with van der Waals surface area (Å²) in [4.78, 5) is 26.2. The van der Waals surface area contributed by atoms with Gasteiger partial charge in [0.1, 0.15) is 0 Å². The Balaban J connectivity index is 1.38. The Kier molecular flexibility index (Phi) is 3.16. The van der Waals surface area contributed by atoms with E-state index in [1.54, 1.807) is 6.21 Å². The third-order valence-corrected chi connectivity index (χ3v) is 7.54. The second kappa shape index (κ2) is 5.43. The number of allylic oxidation sites excluding steroid dienone is 2. The van der Waals surface area contributed by atoms with Crippen LogP contribution < -0.4 is 0 Å².